The van der Waals surface area contributed by atoms with Gasteiger partial charge < -0.3 is 14.9 Å². The van der Waals surface area contributed by atoms with E-state index in [2.05, 4.69) is 26.0 Å². The number of nitrogens with zero attached hydrogens (tertiary/aromatic N) is 1. The van der Waals surface area contributed by atoms with Crippen LogP contribution < -0.4 is 0 Å². The van der Waals surface area contributed by atoms with Crippen LogP contribution in [-0.4, -0.2) is 53.6 Å². The third-order valence-corrected chi connectivity index (χ3v) is 9.15. The van der Waals surface area contributed by atoms with E-state index in [1.165, 1.54) is 154 Å². The Balaban J connectivity index is 3.97. The van der Waals surface area contributed by atoms with E-state index in [1.54, 1.807) is 0 Å². The molecule has 0 aliphatic heterocycles. The van der Waals surface area contributed by atoms with Crippen LogP contribution in [0.4, 0.5) is 0 Å². The third kappa shape index (κ3) is 32.8. The molecule has 5 heteroatoms. The molecule has 0 fully saturated rings. The summed E-state index contributed by atoms with van der Waals surface area (Å²) in [6, 6.07) is 0. The molecule has 0 saturated heterocycles. The Labute approximate surface area is 281 Å². The monoisotopic (exact) mass is 638 g/mol. The van der Waals surface area contributed by atoms with E-state index in [0.717, 1.165) is 32.1 Å². The van der Waals surface area contributed by atoms with E-state index in [4.69, 9.17) is 4.74 Å². The normalized spacial score (nSPS) is 12.5. The molecule has 0 heterocycles. The molecule has 2 N–H and O–H groups in total. The second kappa shape index (κ2) is 37.5. The minimum atomic E-state index is -0.345. The summed E-state index contributed by atoms with van der Waals surface area (Å²) in [5, 5.41) is 19.1. The van der Waals surface area contributed by atoms with Crippen molar-refractivity contribution in [3.05, 3.63) is 12.2 Å². The maximum absolute atomic E-state index is 12.7. The molecule has 1 atom stereocenters. The van der Waals surface area contributed by atoms with Gasteiger partial charge in [-0.2, -0.15) is 0 Å². The first kappa shape index (κ1) is 44.1. The summed E-state index contributed by atoms with van der Waals surface area (Å²) in [4.78, 5) is 14.6. The highest BCUT2D eigenvalue weighted by Gasteiger charge is 2.21. The van der Waals surface area contributed by atoms with E-state index in [-0.39, 0.29) is 25.4 Å². The molecule has 45 heavy (non-hydrogen) atoms. The van der Waals surface area contributed by atoms with Crippen molar-refractivity contribution in [3.8, 4) is 0 Å². The Hall–Kier alpha value is -0.910. The number of aliphatic hydroxyl groups excluding tert-OH is 2. The second-order valence-electron chi connectivity index (χ2n) is 13.5. The first-order valence-corrected chi connectivity index (χ1v) is 20.0. The van der Waals surface area contributed by atoms with Crippen molar-refractivity contribution >= 4 is 5.97 Å². The molecular weight excluding hydrogens is 558 g/mol. The predicted octanol–water partition coefficient (Wildman–Crippen LogP) is 11.4. The Morgan fingerprint density at radius 2 is 0.889 bits per heavy atom. The molecule has 0 rings (SSSR count). The zero-order valence-corrected chi connectivity index (χ0v) is 30.4. The van der Waals surface area contributed by atoms with Crippen molar-refractivity contribution in [2.75, 3.05) is 26.3 Å². The number of unbranched alkanes of at least 4 members (excludes halogenated alkanes) is 25. The smallest absolute Gasteiger partial charge is 0.307 e. The van der Waals surface area contributed by atoms with Crippen molar-refractivity contribution < 1.29 is 19.7 Å². The number of aliphatic hydroxyl groups is 2. The fraction of sp³-hybridized carbons (Fsp3) is 0.925. The van der Waals surface area contributed by atoms with Gasteiger partial charge in [0, 0.05) is 19.5 Å². The highest BCUT2D eigenvalue weighted by molar-refractivity contribution is 5.69. The van der Waals surface area contributed by atoms with Crippen molar-refractivity contribution in [1.29, 1.82) is 0 Å². The zero-order valence-electron chi connectivity index (χ0n) is 30.4. The van der Waals surface area contributed by atoms with Gasteiger partial charge in [0.25, 0.3) is 0 Å². The number of carbonyl (C=O) groups excluding carboxylic acids is 1. The second-order valence-corrected chi connectivity index (χ2v) is 13.5. The number of rotatable bonds is 37. The minimum absolute atomic E-state index is 0.00113. The van der Waals surface area contributed by atoms with E-state index in [9.17, 15) is 15.0 Å². The van der Waals surface area contributed by atoms with Crippen LogP contribution in [0.3, 0.4) is 0 Å². The Bertz CT molecular complexity index is 605. The summed E-state index contributed by atoms with van der Waals surface area (Å²) >= 11 is 0. The Morgan fingerprint density at radius 3 is 1.29 bits per heavy atom. The lowest BCUT2D eigenvalue weighted by Crippen LogP contribution is -2.42. The van der Waals surface area contributed by atoms with Gasteiger partial charge in [-0.15, -0.1) is 0 Å². The third-order valence-electron chi connectivity index (χ3n) is 9.15. The molecule has 0 radical (unpaired) electrons. The van der Waals surface area contributed by atoms with Crippen LogP contribution in [0, 0.1) is 0 Å². The predicted molar refractivity (Wildman–Crippen MR) is 195 cm³/mol. The summed E-state index contributed by atoms with van der Waals surface area (Å²) in [6.45, 7) is 5.39. The number of hydrogen-bond donors (Lipinski definition) is 2. The van der Waals surface area contributed by atoms with Gasteiger partial charge in [0.1, 0.15) is 0 Å². The van der Waals surface area contributed by atoms with Crippen LogP contribution in [-0.2, 0) is 9.53 Å². The molecule has 0 amide bonds. The van der Waals surface area contributed by atoms with Crippen LogP contribution in [0.5, 0.6) is 0 Å². The summed E-state index contributed by atoms with van der Waals surface area (Å²) in [6.07, 6.45) is 41.7. The largest absolute Gasteiger partial charge is 0.446 e. The first-order valence-electron chi connectivity index (χ1n) is 20.0. The SMILES string of the molecule is CCCCCCCC/C=C\CCCCCCCC(=O)OC(CCCCCCCCCCCCCCCCC)N(CCO)CCO. The van der Waals surface area contributed by atoms with Crippen LogP contribution in [0.2, 0.25) is 0 Å². The maximum Gasteiger partial charge on any atom is 0.307 e. The molecule has 0 aliphatic carbocycles. The molecular formula is C40H79NO4. The molecule has 0 spiro atoms. The topological polar surface area (TPSA) is 70.0 Å². The fourth-order valence-electron chi connectivity index (χ4n) is 6.21. The number of ether oxygens (including phenoxy) is 1. The van der Waals surface area contributed by atoms with E-state index in [1.807, 2.05) is 4.90 Å². The number of allylic oxidation sites excluding steroid dienone is 2. The quantitative estimate of drug-likeness (QED) is 0.0307. The summed E-state index contributed by atoms with van der Waals surface area (Å²) in [7, 11) is 0. The van der Waals surface area contributed by atoms with Gasteiger partial charge in [0.15, 0.2) is 6.23 Å². The van der Waals surface area contributed by atoms with Crippen molar-refractivity contribution in [1.82, 2.24) is 4.90 Å². The summed E-state index contributed by atoms with van der Waals surface area (Å²) < 4.78 is 5.91. The maximum atomic E-state index is 12.7. The fourth-order valence-corrected chi connectivity index (χ4v) is 6.21. The van der Waals surface area contributed by atoms with Crippen LogP contribution in [0.15, 0.2) is 12.2 Å². The number of carbonyl (C=O) groups is 1. The lowest BCUT2D eigenvalue weighted by molar-refractivity contribution is -0.161. The summed E-state index contributed by atoms with van der Waals surface area (Å²) in [5.41, 5.74) is 0. The zero-order chi connectivity index (χ0) is 32.9. The highest BCUT2D eigenvalue weighted by atomic mass is 16.6. The van der Waals surface area contributed by atoms with Gasteiger partial charge in [-0.05, 0) is 44.9 Å². The summed E-state index contributed by atoms with van der Waals surface area (Å²) in [5.74, 6) is -0.139. The van der Waals surface area contributed by atoms with E-state index >= 15 is 0 Å². The van der Waals surface area contributed by atoms with Gasteiger partial charge in [-0.1, -0.05) is 167 Å². The Morgan fingerprint density at radius 1 is 0.533 bits per heavy atom. The van der Waals surface area contributed by atoms with Gasteiger partial charge >= 0.3 is 5.97 Å². The minimum Gasteiger partial charge on any atom is -0.446 e. The van der Waals surface area contributed by atoms with Gasteiger partial charge in [-0.3, -0.25) is 9.69 Å². The average Bonchev–Trinajstić information content (AvgIpc) is 3.04. The molecule has 0 aromatic rings. The van der Waals surface area contributed by atoms with E-state index in [0.29, 0.717) is 19.5 Å². The molecule has 0 aromatic carbocycles. The number of hydrogen-bond acceptors (Lipinski definition) is 5. The average molecular weight is 638 g/mol. The molecule has 0 saturated carbocycles. The lowest BCUT2D eigenvalue weighted by atomic mass is 10.0. The molecule has 5 nitrogen and oxygen atoms in total. The van der Waals surface area contributed by atoms with Crippen molar-refractivity contribution in [2.45, 2.75) is 213 Å². The van der Waals surface area contributed by atoms with Crippen molar-refractivity contribution in [3.63, 3.8) is 0 Å². The van der Waals surface area contributed by atoms with Crippen LogP contribution >= 0.6 is 0 Å². The molecule has 0 aromatic heterocycles. The first-order chi connectivity index (χ1) is 22.2. The molecule has 0 aliphatic rings. The molecule has 0 bridgehead atoms. The standard InChI is InChI=1S/C40H79NO4/c1-3-5-7-9-11-13-15-17-19-21-23-25-27-29-31-33-39(41(35-37-42)36-38-43)45-40(44)34-32-30-28-26-24-22-20-18-16-14-12-10-8-6-4-2/h18,20,39,42-43H,3-17,19,21-38H2,1-2H3/b20-18-. The van der Waals surface area contributed by atoms with E-state index < -0.39 is 0 Å². The van der Waals surface area contributed by atoms with Gasteiger partial charge in [0.05, 0.1) is 13.2 Å². The van der Waals surface area contributed by atoms with Crippen LogP contribution in [0.1, 0.15) is 206 Å². The van der Waals surface area contributed by atoms with Gasteiger partial charge in [0.2, 0.25) is 0 Å². The molecule has 1 unspecified atom stereocenters. The highest BCUT2D eigenvalue weighted by Crippen LogP contribution is 2.17. The lowest BCUT2D eigenvalue weighted by Gasteiger charge is -2.30. The Kier molecular flexibility index (Phi) is 36.8. The number of esters is 1. The van der Waals surface area contributed by atoms with Crippen LogP contribution in [0.25, 0.3) is 0 Å². The molecule has 268 valence electrons. The van der Waals surface area contributed by atoms with Crippen molar-refractivity contribution in [2.24, 2.45) is 0 Å². The van der Waals surface area contributed by atoms with Gasteiger partial charge in [-0.25, -0.2) is 0 Å².